The van der Waals surface area contributed by atoms with Crippen molar-refractivity contribution >= 4 is 23.2 Å². The molecule has 11 heavy (non-hydrogen) atoms. The van der Waals surface area contributed by atoms with Crippen molar-refractivity contribution in [2.45, 2.75) is 6.42 Å². The van der Waals surface area contributed by atoms with Crippen LogP contribution in [0.25, 0.3) is 0 Å². The van der Waals surface area contributed by atoms with Gasteiger partial charge in [0.05, 0.1) is 10.0 Å². The van der Waals surface area contributed by atoms with E-state index in [1.807, 2.05) is 0 Å². The fourth-order valence-corrected chi connectivity index (χ4v) is 1.33. The Balaban J connectivity index is 2.57. The second-order valence-electron chi connectivity index (χ2n) is 2.30. The molecule has 0 saturated heterocycles. The van der Waals surface area contributed by atoms with Crippen LogP contribution >= 0.6 is 23.2 Å². The van der Waals surface area contributed by atoms with Gasteiger partial charge in [0.15, 0.2) is 0 Å². The fraction of sp³-hybridized carbons (Fsp3) is 0.125. The van der Waals surface area contributed by atoms with E-state index in [2.05, 4.69) is 6.61 Å². The molecule has 0 fully saturated rings. The summed E-state index contributed by atoms with van der Waals surface area (Å²) in [6, 6.07) is 3.51. The normalized spacial score (nSPS) is 14.4. The monoisotopic (exact) mass is 186 g/mol. The molecule has 56 valence electrons. The molecule has 1 nitrogen and oxygen atoms in total. The lowest BCUT2D eigenvalue weighted by Gasteiger charge is -1.99. The van der Waals surface area contributed by atoms with E-state index in [4.69, 9.17) is 27.9 Å². The van der Waals surface area contributed by atoms with Crippen molar-refractivity contribution < 1.29 is 4.74 Å². The van der Waals surface area contributed by atoms with E-state index < -0.39 is 0 Å². The zero-order chi connectivity index (χ0) is 7.84. The molecule has 0 aromatic heterocycles. The Morgan fingerprint density at radius 2 is 2.00 bits per heavy atom. The zero-order valence-electron chi connectivity index (χ0n) is 5.53. The molecule has 0 unspecified atom stereocenters. The van der Waals surface area contributed by atoms with Crippen LogP contribution in [0.3, 0.4) is 0 Å². The number of fused-ring (bicyclic) bond motifs is 1. The van der Waals surface area contributed by atoms with Gasteiger partial charge in [0.25, 0.3) is 0 Å². The maximum Gasteiger partial charge on any atom is 0.201 e. The summed E-state index contributed by atoms with van der Waals surface area (Å²) in [6.45, 7) is 2.72. The molecule has 0 N–H and O–H groups in total. The molecule has 0 saturated carbocycles. The zero-order valence-corrected chi connectivity index (χ0v) is 7.04. The molecular weight excluding hydrogens is 183 g/mol. The van der Waals surface area contributed by atoms with Gasteiger partial charge in [-0.15, -0.1) is 0 Å². The first-order valence-corrected chi connectivity index (χ1v) is 3.90. The lowest BCUT2D eigenvalue weighted by Crippen LogP contribution is -1.78. The molecule has 1 aromatic rings. The van der Waals surface area contributed by atoms with Crippen LogP contribution < -0.4 is 4.74 Å². The van der Waals surface area contributed by atoms with Gasteiger partial charge in [0.2, 0.25) is 6.61 Å². The van der Waals surface area contributed by atoms with E-state index in [1.54, 1.807) is 12.1 Å². The van der Waals surface area contributed by atoms with Crippen molar-refractivity contribution in [3.8, 4) is 5.75 Å². The molecule has 3 heteroatoms. The molecule has 1 heterocycles. The molecule has 0 aliphatic carbocycles. The van der Waals surface area contributed by atoms with E-state index in [0.717, 1.165) is 11.3 Å². The summed E-state index contributed by atoms with van der Waals surface area (Å²) in [5, 5.41) is 1.09. The van der Waals surface area contributed by atoms with Gasteiger partial charge in [-0.1, -0.05) is 23.2 Å². The predicted molar refractivity (Wildman–Crippen MR) is 44.0 cm³/mol. The third-order valence-corrected chi connectivity index (χ3v) is 2.27. The van der Waals surface area contributed by atoms with E-state index >= 15 is 0 Å². The molecule has 2 radical (unpaired) electrons. The van der Waals surface area contributed by atoms with Crippen LogP contribution in [0, 0.1) is 6.61 Å². The number of hydrogen-bond acceptors (Lipinski definition) is 1. The minimum Gasteiger partial charge on any atom is -0.478 e. The highest BCUT2D eigenvalue weighted by molar-refractivity contribution is 6.42. The maximum absolute atomic E-state index is 5.78. The van der Waals surface area contributed by atoms with E-state index in [0.29, 0.717) is 16.5 Å². The Morgan fingerprint density at radius 3 is 2.82 bits per heavy atom. The van der Waals surface area contributed by atoms with Crippen LogP contribution in [0.15, 0.2) is 12.1 Å². The molecule has 1 aromatic carbocycles. The van der Waals surface area contributed by atoms with Crippen LogP contribution in [0.1, 0.15) is 5.56 Å². The third kappa shape index (κ3) is 1.19. The lowest BCUT2D eigenvalue weighted by molar-refractivity contribution is 0.435. The van der Waals surface area contributed by atoms with Gasteiger partial charge in [-0.3, -0.25) is 0 Å². The summed E-state index contributed by atoms with van der Waals surface area (Å²) >= 11 is 11.5. The SMILES string of the molecule is Clc1cc2c(cc1Cl)O[C]C2. The minimum absolute atomic E-state index is 0.522. The number of halogens is 2. The van der Waals surface area contributed by atoms with Gasteiger partial charge in [0.1, 0.15) is 5.75 Å². The number of ether oxygens (including phenoxy) is 1. The second-order valence-corrected chi connectivity index (χ2v) is 3.11. The van der Waals surface area contributed by atoms with Crippen LogP contribution in [0.4, 0.5) is 0 Å². The summed E-state index contributed by atoms with van der Waals surface area (Å²) < 4.78 is 5.04. The quantitative estimate of drug-likeness (QED) is 0.606. The van der Waals surface area contributed by atoms with Gasteiger partial charge >= 0.3 is 0 Å². The van der Waals surface area contributed by atoms with Crippen molar-refractivity contribution in [3.63, 3.8) is 0 Å². The van der Waals surface area contributed by atoms with Crippen LogP contribution in [0.2, 0.25) is 10.0 Å². The minimum atomic E-state index is 0.522. The van der Waals surface area contributed by atoms with E-state index in [-0.39, 0.29) is 0 Å². The van der Waals surface area contributed by atoms with Crippen molar-refractivity contribution in [2.24, 2.45) is 0 Å². The lowest BCUT2D eigenvalue weighted by atomic mass is 10.2. The topological polar surface area (TPSA) is 9.23 Å². The summed E-state index contributed by atoms with van der Waals surface area (Å²) in [6.07, 6.45) is 0.687. The van der Waals surface area contributed by atoms with Gasteiger partial charge in [-0.2, -0.15) is 0 Å². The Kier molecular flexibility index (Phi) is 1.70. The van der Waals surface area contributed by atoms with E-state index in [9.17, 15) is 0 Å². The Labute approximate surface area is 74.9 Å². The number of rotatable bonds is 0. The van der Waals surface area contributed by atoms with Crippen molar-refractivity contribution in [1.29, 1.82) is 0 Å². The summed E-state index contributed by atoms with van der Waals surface area (Å²) in [7, 11) is 0. The van der Waals surface area contributed by atoms with Crippen LogP contribution in [-0.2, 0) is 6.42 Å². The summed E-state index contributed by atoms with van der Waals surface area (Å²) in [5.41, 5.74) is 1.04. The maximum atomic E-state index is 5.78. The third-order valence-electron chi connectivity index (χ3n) is 1.55. The highest BCUT2D eigenvalue weighted by Crippen LogP contribution is 2.34. The number of hydrogen-bond donors (Lipinski definition) is 0. The summed E-state index contributed by atoms with van der Waals surface area (Å²) in [5.74, 6) is 0.763. The first-order valence-electron chi connectivity index (χ1n) is 3.15. The average molecular weight is 187 g/mol. The fourth-order valence-electron chi connectivity index (χ4n) is 0.995. The van der Waals surface area contributed by atoms with Crippen molar-refractivity contribution in [2.75, 3.05) is 0 Å². The molecule has 0 bridgehead atoms. The van der Waals surface area contributed by atoms with Gasteiger partial charge < -0.3 is 4.74 Å². The first kappa shape index (κ1) is 7.26. The molecule has 1 aliphatic heterocycles. The molecule has 0 atom stereocenters. The molecule has 1 aliphatic rings. The highest BCUT2D eigenvalue weighted by Gasteiger charge is 2.15. The molecule has 0 spiro atoms. The van der Waals surface area contributed by atoms with Gasteiger partial charge in [-0.25, -0.2) is 0 Å². The van der Waals surface area contributed by atoms with Gasteiger partial charge in [-0.05, 0) is 6.07 Å². The molecular formula is C8H4Cl2O. The smallest absolute Gasteiger partial charge is 0.201 e. The van der Waals surface area contributed by atoms with Crippen LogP contribution in [0.5, 0.6) is 5.75 Å². The Bertz CT molecular complexity index is 267. The second kappa shape index (κ2) is 2.58. The van der Waals surface area contributed by atoms with Crippen molar-refractivity contribution in [3.05, 3.63) is 34.3 Å². The highest BCUT2D eigenvalue weighted by atomic mass is 35.5. The predicted octanol–water partition coefficient (Wildman–Crippen LogP) is 2.97. The standard InChI is InChI=1S/C8H4Cl2O/c9-6-3-5-1-2-11-8(5)4-7(6)10/h3-4H,1H2. The van der Waals surface area contributed by atoms with Crippen LogP contribution in [-0.4, -0.2) is 0 Å². The Hall–Kier alpha value is -0.400. The van der Waals surface area contributed by atoms with Gasteiger partial charge in [0, 0.05) is 18.1 Å². The van der Waals surface area contributed by atoms with E-state index in [1.165, 1.54) is 0 Å². The largest absolute Gasteiger partial charge is 0.478 e. The number of benzene rings is 1. The average Bonchev–Trinajstić information content (AvgIpc) is 2.36. The summed E-state index contributed by atoms with van der Waals surface area (Å²) in [4.78, 5) is 0. The molecule has 2 rings (SSSR count). The molecule has 0 amide bonds. The Morgan fingerprint density at radius 1 is 1.27 bits per heavy atom. The first-order chi connectivity index (χ1) is 5.27. The van der Waals surface area contributed by atoms with Crippen molar-refractivity contribution in [1.82, 2.24) is 0 Å².